The Kier molecular flexibility index (Phi) is 5.11. The number of aryl methyl sites for hydroxylation is 1. The van der Waals surface area contributed by atoms with Crippen LogP contribution < -0.4 is 10.2 Å². The van der Waals surface area contributed by atoms with Gasteiger partial charge in [0.25, 0.3) is 0 Å². The Morgan fingerprint density at radius 2 is 2.00 bits per heavy atom. The second-order valence-corrected chi connectivity index (χ2v) is 11.2. The first-order valence-corrected chi connectivity index (χ1v) is 12.0. The fourth-order valence-electron chi connectivity index (χ4n) is 5.01. The molecule has 2 atom stereocenters. The molecule has 1 aliphatic rings. The largest absolute Gasteiger partial charge is 0.345 e. The van der Waals surface area contributed by atoms with Gasteiger partial charge in [0.05, 0.1) is 23.5 Å². The predicted molar refractivity (Wildman–Crippen MR) is 132 cm³/mol. The van der Waals surface area contributed by atoms with E-state index < -0.39 is 11.7 Å². The van der Waals surface area contributed by atoms with Gasteiger partial charge in [0.15, 0.2) is 16.6 Å². The lowest BCUT2D eigenvalue weighted by Gasteiger charge is -2.51. The van der Waals surface area contributed by atoms with Crippen molar-refractivity contribution in [1.29, 1.82) is 5.26 Å². The summed E-state index contributed by atoms with van der Waals surface area (Å²) in [6, 6.07) is 3.65. The van der Waals surface area contributed by atoms with Crippen LogP contribution in [0.1, 0.15) is 45.4 Å². The van der Waals surface area contributed by atoms with Gasteiger partial charge in [0.1, 0.15) is 22.6 Å². The third-order valence-corrected chi connectivity index (χ3v) is 7.45. The molecule has 176 valence electrons. The van der Waals surface area contributed by atoms with Crippen LogP contribution >= 0.6 is 11.3 Å². The third-order valence-electron chi connectivity index (χ3n) is 6.40. The zero-order valence-electron chi connectivity index (χ0n) is 20.1. The number of nitriles is 1. The van der Waals surface area contributed by atoms with Crippen molar-refractivity contribution in [3.05, 3.63) is 35.9 Å². The minimum Gasteiger partial charge on any atom is -0.345 e. The molecule has 34 heavy (non-hydrogen) atoms. The number of hydrogen-bond acceptors (Lipinski definition) is 8. The molecule has 1 N–H and O–H groups in total. The summed E-state index contributed by atoms with van der Waals surface area (Å²) in [7, 11) is 1.90. The van der Waals surface area contributed by atoms with Crippen molar-refractivity contribution in [3.8, 4) is 17.5 Å². The highest BCUT2D eigenvalue weighted by Crippen LogP contribution is 2.37. The highest BCUT2D eigenvalue weighted by molar-refractivity contribution is 7.21. The summed E-state index contributed by atoms with van der Waals surface area (Å²) in [5.74, 6) is 0.502. The van der Waals surface area contributed by atoms with E-state index in [1.807, 2.05) is 49.5 Å². The number of nitrogens with zero attached hydrogens (tertiary/aromatic N) is 7. The Morgan fingerprint density at radius 3 is 2.74 bits per heavy atom. The number of alkyl halides is 1. The lowest BCUT2D eigenvalue weighted by atomic mass is 9.77. The smallest absolute Gasteiger partial charge is 0.188 e. The number of nitrogens with one attached hydrogen (secondary N) is 1. The Hall–Kier alpha value is -3.16. The van der Waals surface area contributed by atoms with Crippen LogP contribution in [-0.2, 0) is 0 Å². The van der Waals surface area contributed by atoms with Crippen LogP contribution in [-0.4, -0.2) is 54.7 Å². The Bertz CT molecular complexity index is 1450. The van der Waals surface area contributed by atoms with Crippen LogP contribution in [0.3, 0.4) is 0 Å². The molecule has 1 fully saturated rings. The molecule has 0 bridgehead atoms. The topological polar surface area (TPSA) is 95.0 Å². The molecular formula is C24H27FN8S. The van der Waals surface area contributed by atoms with E-state index in [0.29, 0.717) is 34.1 Å². The summed E-state index contributed by atoms with van der Waals surface area (Å²) < 4.78 is 17.3. The molecule has 4 aromatic heterocycles. The quantitative estimate of drug-likeness (QED) is 0.470. The van der Waals surface area contributed by atoms with E-state index in [1.165, 1.54) is 11.3 Å². The average molecular weight is 479 g/mol. The molecular weight excluding hydrogens is 451 g/mol. The number of fused-ring (bicyclic) bond motifs is 2. The molecule has 5 heterocycles. The monoisotopic (exact) mass is 478 g/mol. The van der Waals surface area contributed by atoms with Crippen LogP contribution in [0.15, 0.2) is 24.7 Å². The number of aromatic nitrogens is 5. The second kappa shape index (κ2) is 7.68. The van der Waals surface area contributed by atoms with Crippen molar-refractivity contribution in [1.82, 2.24) is 29.7 Å². The van der Waals surface area contributed by atoms with Gasteiger partial charge in [-0.3, -0.25) is 0 Å². The number of imidazole rings is 1. The van der Waals surface area contributed by atoms with Gasteiger partial charge in [0.2, 0.25) is 0 Å². The Balaban J connectivity index is 1.51. The first-order chi connectivity index (χ1) is 16.0. The molecule has 1 unspecified atom stereocenters. The van der Waals surface area contributed by atoms with Crippen LogP contribution in [0.5, 0.6) is 0 Å². The molecule has 0 saturated carbocycles. The van der Waals surface area contributed by atoms with Gasteiger partial charge >= 0.3 is 0 Å². The van der Waals surface area contributed by atoms with Crippen LogP contribution in [0.2, 0.25) is 0 Å². The number of thiazole rings is 1. The molecule has 5 rings (SSSR count). The van der Waals surface area contributed by atoms with E-state index in [9.17, 15) is 5.26 Å². The lowest BCUT2D eigenvalue weighted by molar-refractivity contribution is 0.0568. The Morgan fingerprint density at radius 1 is 1.24 bits per heavy atom. The van der Waals surface area contributed by atoms with Gasteiger partial charge in [-0.15, -0.1) is 0 Å². The maximum Gasteiger partial charge on any atom is 0.188 e. The molecule has 0 radical (unpaired) electrons. The number of hydrogen-bond donors (Lipinski definition) is 1. The first-order valence-electron chi connectivity index (χ1n) is 11.2. The van der Waals surface area contributed by atoms with Gasteiger partial charge in [-0.1, -0.05) is 11.3 Å². The molecule has 0 aromatic carbocycles. The molecule has 1 aliphatic heterocycles. The molecule has 0 amide bonds. The minimum atomic E-state index is -1.06. The maximum atomic E-state index is 15.5. The highest BCUT2D eigenvalue weighted by Gasteiger charge is 2.48. The fraction of sp³-hybridized carbons (Fsp3) is 0.458. The number of rotatable bonds is 3. The fourth-order valence-corrected chi connectivity index (χ4v) is 5.95. The summed E-state index contributed by atoms with van der Waals surface area (Å²) >= 11 is 1.42. The normalized spacial score (nSPS) is 21.6. The van der Waals surface area contributed by atoms with Crippen LogP contribution in [0, 0.1) is 18.3 Å². The zero-order chi connectivity index (χ0) is 24.4. The van der Waals surface area contributed by atoms with Crippen molar-refractivity contribution in [2.45, 2.75) is 64.3 Å². The maximum absolute atomic E-state index is 15.5. The van der Waals surface area contributed by atoms with Gasteiger partial charge in [-0.05, 0) is 47.1 Å². The van der Waals surface area contributed by atoms with E-state index in [2.05, 4.69) is 35.2 Å². The van der Waals surface area contributed by atoms with Gasteiger partial charge in [0, 0.05) is 36.1 Å². The number of halogens is 1. The van der Waals surface area contributed by atoms with Crippen molar-refractivity contribution in [2.24, 2.45) is 0 Å². The summed E-state index contributed by atoms with van der Waals surface area (Å²) in [4.78, 5) is 21.0. The SMILES string of the molecule is Cc1cn2cc(-c3ncc4nc(N(C)C5CC(C)(C)NC(C)(C)[C@H]5F)sc4n3)cc(C#N)c2n1. The summed E-state index contributed by atoms with van der Waals surface area (Å²) in [6.45, 7) is 9.91. The molecule has 4 aromatic rings. The highest BCUT2D eigenvalue weighted by atomic mass is 32.1. The van der Waals surface area contributed by atoms with Crippen LogP contribution in [0.4, 0.5) is 9.52 Å². The first kappa shape index (κ1) is 22.6. The predicted octanol–water partition coefficient (Wildman–Crippen LogP) is 4.27. The van der Waals surface area contributed by atoms with Crippen LogP contribution in [0.25, 0.3) is 27.4 Å². The summed E-state index contributed by atoms with van der Waals surface area (Å²) in [5.41, 5.74) is 2.44. The summed E-state index contributed by atoms with van der Waals surface area (Å²) in [6.07, 6.45) is 5.02. The standard InChI is InChI=1S/C24H27FN8S/c1-13-11-33-12-15(7-14(9-26)20(33)28-13)19-27-10-16-21(30-19)34-22(29-16)32(6)17-8-23(2,3)31-24(4,5)18(17)25/h7,10-12,17-18,31H,8H2,1-6H3/t17?,18-/m0/s1. The molecule has 0 aliphatic carbocycles. The van der Waals surface area contributed by atoms with Gasteiger partial charge in [-0.2, -0.15) is 5.26 Å². The number of piperidine rings is 1. The second-order valence-electron chi connectivity index (χ2n) is 10.3. The van der Waals surface area contributed by atoms with E-state index in [-0.39, 0.29) is 11.6 Å². The van der Waals surface area contributed by atoms with Crippen molar-refractivity contribution >= 4 is 32.5 Å². The van der Waals surface area contributed by atoms with Gasteiger partial charge in [-0.25, -0.2) is 24.3 Å². The minimum absolute atomic E-state index is 0.197. The number of pyridine rings is 1. The van der Waals surface area contributed by atoms with Crippen molar-refractivity contribution in [3.63, 3.8) is 0 Å². The molecule has 10 heteroatoms. The Labute approximate surface area is 201 Å². The molecule has 8 nitrogen and oxygen atoms in total. The van der Waals surface area contributed by atoms with Gasteiger partial charge < -0.3 is 14.6 Å². The van der Waals surface area contributed by atoms with E-state index in [1.54, 1.807) is 12.3 Å². The van der Waals surface area contributed by atoms with Crippen molar-refractivity contribution in [2.75, 3.05) is 11.9 Å². The van der Waals surface area contributed by atoms with E-state index in [4.69, 9.17) is 9.97 Å². The summed E-state index contributed by atoms with van der Waals surface area (Å²) in [5, 5.41) is 13.7. The third kappa shape index (κ3) is 3.79. The van der Waals surface area contributed by atoms with E-state index in [0.717, 1.165) is 16.1 Å². The van der Waals surface area contributed by atoms with E-state index >= 15 is 4.39 Å². The van der Waals surface area contributed by atoms with Crippen molar-refractivity contribution < 1.29 is 4.39 Å². The molecule has 1 saturated heterocycles. The average Bonchev–Trinajstić information content (AvgIpc) is 3.36. The zero-order valence-corrected chi connectivity index (χ0v) is 20.9. The lowest BCUT2D eigenvalue weighted by Crippen LogP contribution is -2.68. The number of anilines is 1. The molecule has 0 spiro atoms.